The van der Waals surface area contributed by atoms with Gasteiger partial charge in [0, 0.05) is 12.4 Å². The molecule has 0 aromatic carbocycles. The van der Waals surface area contributed by atoms with Crippen LogP contribution in [0.4, 0.5) is 0 Å². The lowest BCUT2D eigenvalue weighted by Crippen LogP contribution is -2.19. The molecule has 0 saturated carbocycles. The van der Waals surface area contributed by atoms with Gasteiger partial charge in [-0.05, 0) is 31.2 Å². The van der Waals surface area contributed by atoms with Gasteiger partial charge in [0.2, 0.25) is 0 Å². The standard InChI is InChI=1S/C12H10ClN3OS/c1-8(10-4-5-11(13)18-10)15-16-12(17)9-3-2-6-14-7-9/h2-7H,1H3,(H,16,17)/b15-8+. The molecule has 0 bridgehead atoms. The van der Waals surface area contributed by atoms with Gasteiger partial charge in [0.05, 0.1) is 20.5 Å². The number of hydrazone groups is 1. The quantitative estimate of drug-likeness (QED) is 0.694. The predicted octanol–water partition coefficient (Wildman–Crippen LogP) is 2.95. The maximum atomic E-state index is 11.7. The van der Waals surface area contributed by atoms with E-state index in [9.17, 15) is 4.79 Å². The average molecular weight is 280 g/mol. The highest BCUT2D eigenvalue weighted by atomic mass is 35.5. The second kappa shape index (κ2) is 5.75. The summed E-state index contributed by atoms with van der Waals surface area (Å²) in [6.07, 6.45) is 3.10. The number of aromatic nitrogens is 1. The molecule has 0 fully saturated rings. The fourth-order valence-corrected chi connectivity index (χ4v) is 2.25. The smallest absolute Gasteiger partial charge is 0.267 e. The Bertz CT molecular complexity index is 580. The van der Waals surface area contributed by atoms with E-state index < -0.39 is 0 Å². The first-order chi connectivity index (χ1) is 8.66. The molecule has 92 valence electrons. The average Bonchev–Trinajstić information content (AvgIpc) is 2.83. The van der Waals surface area contributed by atoms with E-state index in [1.807, 2.05) is 13.0 Å². The number of pyridine rings is 1. The summed E-state index contributed by atoms with van der Waals surface area (Å²) in [5.41, 5.74) is 3.66. The van der Waals surface area contributed by atoms with Crippen LogP contribution in [0, 0.1) is 0 Å². The molecular formula is C12H10ClN3OS. The number of amides is 1. The molecule has 4 nitrogen and oxygen atoms in total. The molecular weight excluding hydrogens is 270 g/mol. The number of nitrogens with one attached hydrogen (secondary N) is 1. The van der Waals surface area contributed by atoms with Gasteiger partial charge in [-0.3, -0.25) is 9.78 Å². The van der Waals surface area contributed by atoms with Gasteiger partial charge in [0.25, 0.3) is 5.91 Å². The number of nitrogens with zero attached hydrogens (tertiary/aromatic N) is 2. The van der Waals surface area contributed by atoms with Crippen LogP contribution in [-0.2, 0) is 0 Å². The zero-order chi connectivity index (χ0) is 13.0. The first kappa shape index (κ1) is 12.7. The molecule has 0 saturated heterocycles. The third-order valence-corrected chi connectivity index (χ3v) is 3.52. The summed E-state index contributed by atoms with van der Waals surface area (Å²) in [5, 5.41) is 4.03. The topological polar surface area (TPSA) is 54.4 Å². The molecule has 2 rings (SSSR count). The Morgan fingerprint density at radius 3 is 2.89 bits per heavy atom. The SMILES string of the molecule is C/C(=N\NC(=O)c1cccnc1)c1ccc(Cl)s1. The van der Waals surface area contributed by atoms with Gasteiger partial charge >= 0.3 is 0 Å². The van der Waals surface area contributed by atoms with Gasteiger partial charge < -0.3 is 0 Å². The molecule has 1 N–H and O–H groups in total. The molecule has 0 aliphatic carbocycles. The summed E-state index contributed by atoms with van der Waals surface area (Å²) in [6, 6.07) is 7.03. The Kier molecular flexibility index (Phi) is 4.07. The van der Waals surface area contributed by atoms with E-state index in [1.54, 1.807) is 24.4 Å². The van der Waals surface area contributed by atoms with Crippen molar-refractivity contribution in [3.05, 3.63) is 51.4 Å². The fourth-order valence-electron chi connectivity index (χ4n) is 1.26. The molecule has 1 amide bonds. The molecule has 2 heterocycles. The maximum Gasteiger partial charge on any atom is 0.272 e. The summed E-state index contributed by atoms with van der Waals surface area (Å²) in [7, 11) is 0. The van der Waals surface area contributed by atoms with Gasteiger partial charge in [-0.15, -0.1) is 11.3 Å². The molecule has 0 spiro atoms. The van der Waals surface area contributed by atoms with E-state index in [-0.39, 0.29) is 5.91 Å². The lowest BCUT2D eigenvalue weighted by atomic mass is 10.3. The minimum Gasteiger partial charge on any atom is -0.267 e. The van der Waals surface area contributed by atoms with Gasteiger partial charge in [0.15, 0.2) is 0 Å². The van der Waals surface area contributed by atoms with Crippen molar-refractivity contribution in [1.29, 1.82) is 0 Å². The number of thiophene rings is 1. The number of carbonyl (C=O) groups is 1. The number of hydrogen-bond acceptors (Lipinski definition) is 4. The van der Waals surface area contributed by atoms with Crippen LogP contribution in [0.25, 0.3) is 0 Å². The van der Waals surface area contributed by atoms with Crippen molar-refractivity contribution in [1.82, 2.24) is 10.4 Å². The normalized spacial score (nSPS) is 11.3. The number of halogens is 1. The fraction of sp³-hybridized carbons (Fsp3) is 0.0833. The van der Waals surface area contributed by atoms with Crippen LogP contribution in [0.5, 0.6) is 0 Å². The van der Waals surface area contributed by atoms with Crippen molar-refractivity contribution in [2.75, 3.05) is 0 Å². The summed E-state index contributed by atoms with van der Waals surface area (Å²) >= 11 is 7.25. The Hall–Kier alpha value is -1.72. The number of carbonyl (C=O) groups excluding carboxylic acids is 1. The Morgan fingerprint density at radius 2 is 2.28 bits per heavy atom. The minimum atomic E-state index is -0.287. The molecule has 0 aliphatic rings. The first-order valence-corrected chi connectivity index (χ1v) is 6.36. The summed E-state index contributed by atoms with van der Waals surface area (Å²) in [4.78, 5) is 16.5. The van der Waals surface area contributed by atoms with Crippen molar-refractivity contribution in [2.24, 2.45) is 5.10 Å². The number of hydrogen-bond donors (Lipinski definition) is 1. The van der Waals surface area contributed by atoms with Gasteiger partial charge in [-0.25, -0.2) is 5.43 Å². The number of rotatable bonds is 3. The summed E-state index contributed by atoms with van der Waals surface area (Å²) in [5.74, 6) is -0.287. The van der Waals surface area contributed by atoms with E-state index in [0.717, 1.165) is 4.88 Å². The van der Waals surface area contributed by atoms with E-state index in [0.29, 0.717) is 15.6 Å². The van der Waals surface area contributed by atoms with Crippen LogP contribution >= 0.6 is 22.9 Å². The lowest BCUT2D eigenvalue weighted by molar-refractivity contribution is 0.0954. The third-order valence-electron chi connectivity index (χ3n) is 2.18. The molecule has 2 aromatic rings. The third kappa shape index (κ3) is 3.15. The van der Waals surface area contributed by atoms with Crippen LogP contribution in [0.15, 0.2) is 41.8 Å². The van der Waals surface area contributed by atoms with Crippen molar-refractivity contribution in [3.63, 3.8) is 0 Å². The van der Waals surface area contributed by atoms with Gasteiger partial charge in [-0.1, -0.05) is 11.6 Å². The van der Waals surface area contributed by atoms with Crippen LogP contribution in [0.1, 0.15) is 22.2 Å². The molecule has 2 aromatic heterocycles. The van der Waals surface area contributed by atoms with E-state index in [2.05, 4.69) is 15.5 Å². The zero-order valence-electron chi connectivity index (χ0n) is 9.55. The largest absolute Gasteiger partial charge is 0.272 e. The van der Waals surface area contributed by atoms with Gasteiger partial charge in [0.1, 0.15) is 0 Å². The Labute approximate surface area is 113 Å². The molecule has 0 radical (unpaired) electrons. The van der Waals surface area contributed by atoms with E-state index in [1.165, 1.54) is 17.5 Å². The van der Waals surface area contributed by atoms with Crippen molar-refractivity contribution in [2.45, 2.75) is 6.92 Å². The monoisotopic (exact) mass is 279 g/mol. The van der Waals surface area contributed by atoms with Crippen molar-refractivity contribution < 1.29 is 4.79 Å². The predicted molar refractivity (Wildman–Crippen MR) is 73.2 cm³/mol. The Balaban J connectivity index is 2.05. The second-order valence-corrected chi connectivity index (χ2v) is 5.20. The van der Waals surface area contributed by atoms with Gasteiger partial charge in [-0.2, -0.15) is 5.10 Å². The molecule has 0 aliphatic heterocycles. The molecule has 0 unspecified atom stereocenters. The maximum absolute atomic E-state index is 11.7. The van der Waals surface area contributed by atoms with Crippen LogP contribution in [-0.4, -0.2) is 16.6 Å². The highest BCUT2D eigenvalue weighted by Crippen LogP contribution is 2.21. The molecule has 0 atom stereocenters. The minimum absolute atomic E-state index is 0.287. The van der Waals surface area contributed by atoms with Crippen molar-refractivity contribution >= 4 is 34.6 Å². The zero-order valence-corrected chi connectivity index (χ0v) is 11.1. The first-order valence-electron chi connectivity index (χ1n) is 5.17. The highest BCUT2D eigenvalue weighted by molar-refractivity contribution is 7.18. The molecule has 6 heteroatoms. The summed E-state index contributed by atoms with van der Waals surface area (Å²) in [6.45, 7) is 1.81. The van der Waals surface area contributed by atoms with Crippen LogP contribution in [0.3, 0.4) is 0 Å². The lowest BCUT2D eigenvalue weighted by Gasteiger charge is -2.00. The van der Waals surface area contributed by atoms with Crippen LogP contribution < -0.4 is 5.43 Å². The van der Waals surface area contributed by atoms with Crippen molar-refractivity contribution in [3.8, 4) is 0 Å². The van der Waals surface area contributed by atoms with E-state index in [4.69, 9.17) is 11.6 Å². The van der Waals surface area contributed by atoms with Crippen LogP contribution in [0.2, 0.25) is 4.34 Å². The Morgan fingerprint density at radius 1 is 1.44 bits per heavy atom. The molecule has 18 heavy (non-hydrogen) atoms. The summed E-state index contributed by atoms with van der Waals surface area (Å²) < 4.78 is 0.693. The van der Waals surface area contributed by atoms with E-state index >= 15 is 0 Å². The second-order valence-electron chi connectivity index (χ2n) is 3.48. The highest BCUT2D eigenvalue weighted by Gasteiger charge is 2.05.